The molecule has 1 fully saturated rings. The van der Waals surface area contributed by atoms with E-state index in [4.69, 9.17) is 10.8 Å². The lowest BCUT2D eigenvalue weighted by Gasteiger charge is -2.21. The summed E-state index contributed by atoms with van der Waals surface area (Å²) in [6.07, 6.45) is 5.90. The molecule has 0 amide bonds. The highest BCUT2D eigenvalue weighted by Crippen LogP contribution is 2.37. The van der Waals surface area contributed by atoms with Gasteiger partial charge in [-0.2, -0.15) is 0 Å². The van der Waals surface area contributed by atoms with E-state index < -0.39 is 11.8 Å². The summed E-state index contributed by atoms with van der Waals surface area (Å²) < 4.78 is 13.6. The summed E-state index contributed by atoms with van der Waals surface area (Å²) in [6, 6.07) is 2.46. The van der Waals surface area contributed by atoms with Gasteiger partial charge in [-0.1, -0.05) is 19.3 Å². The number of rotatable bonds is 3. The highest BCUT2D eigenvalue weighted by molar-refractivity contribution is 8.00. The fourth-order valence-corrected chi connectivity index (χ4v) is 3.49. The van der Waals surface area contributed by atoms with Crippen molar-refractivity contribution in [2.24, 2.45) is 0 Å². The number of carbonyl (C=O) groups is 1. The van der Waals surface area contributed by atoms with Crippen molar-refractivity contribution in [1.29, 1.82) is 0 Å². The van der Waals surface area contributed by atoms with Crippen LogP contribution in [-0.2, 0) is 0 Å². The highest BCUT2D eigenvalue weighted by atomic mass is 32.2. The standard InChI is InChI=1S/C13H16FNO2S/c14-10-7-12(11(15)6-9(10)13(16)17)18-8-4-2-1-3-5-8/h6-8H,1-5,15H2,(H,16,17). The van der Waals surface area contributed by atoms with Crippen LogP contribution in [0.3, 0.4) is 0 Å². The van der Waals surface area contributed by atoms with Gasteiger partial charge in [-0.25, -0.2) is 9.18 Å². The maximum Gasteiger partial charge on any atom is 0.338 e. The van der Waals surface area contributed by atoms with Crippen molar-refractivity contribution in [3.05, 3.63) is 23.5 Å². The lowest BCUT2D eigenvalue weighted by molar-refractivity contribution is 0.0692. The van der Waals surface area contributed by atoms with Crippen LogP contribution < -0.4 is 5.73 Å². The largest absolute Gasteiger partial charge is 0.478 e. The smallest absolute Gasteiger partial charge is 0.338 e. The summed E-state index contributed by atoms with van der Waals surface area (Å²) in [5.74, 6) is -2.00. The van der Waals surface area contributed by atoms with E-state index in [9.17, 15) is 9.18 Å². The number of aromatic carboxylic acids is 1. The Hall–Kier alpha value is -1.23. The Morgan fingerprint density at radius 3 is 2.61 bits per heavy atom. The van der Waals surface area contributed by atoms with Gasteiger partial charge in [-0.05, 0) is 25.0 Å². The molecule has 0 saturated heterocycles. The van der Waals surface area contributed by atoms with Crippen molar-refractivity contribution < 1.29 is 14.3 Å². The van der Waals surface area contributed by atoms with E-state index in [-0.39, 0.29) is 5.56 Å². The van der Waals surface area contributed by atoms with Crippen LogP contribution in [0, 0.1) is 5.82 Å². The lowest BCUT2D eigenvalue weighted by atomic mass is 10.0. The molecule has 1 saturated carbocycles. The van der Waals surface area contributed by atoms with Crippen molar-refractivity contribution in [2.75, 3.05) is 5.73 Å². The average molecular weight is 269 g/mol. The molecule has 0 radical (unpaired) electrons. The molecular weight excluding hydrogens is 253 g/mol. The van der Waals surface area contributed by atoms with Crippen LogP contribution in [0.25, 0.3) is 0 Å². The van der Waals surface area contributed by atoms with E-state index in [2.05, 4.69) is 0 Å². The van der Waals surface area contributed by atoms with Crippen LogP contribution in [0.15, 0.2) is 17.0 Å². The van der Waals surface area contributed by atoms with Crippen LogP contribution in [0.2, 0.25) is 0 Å². The Morgan fingerprint density at radius 2 is 2.00 bits per heavy atom. The van der Waals surface area contributed by atoms with Gasteiger partial charge in [0, 0.05) is 15.8 Å². The third-order valence-corrected chi connectivity index (χ3v) is 4.59. The summed E-state index contributed by atoms with van der Waals surface area (Å²) in [6.45, 7) is 0. The Bertz CT molecular complexity index is 459. The number of nitrogens with two attached hydrogens (primary N) is 1. The summed E-state index contributed by atoms with van der Waals surface area (Å²) in [5, 5.41) is 9.27. The summed E-state index contributed by atoms with van der Waals surface area (Å²) in [5.41, 5.74) is 5.79. The van der Waals surface area contributed by atoms with Gasteiger partial charge in [0.25, 0.3) is 0 Å². The van der Waals surface area contributed by atoms with Crippen molar-refractivity contribution >= 4 is 23.4 Å². The van der Waals surface area contributed by atoms with Crippen molar-refractivity contribution in [1.82, 2.24) is 0 Å². The zero-order valence-electron chi connectivity index (χ0n) is 9.99. The molecule has 1 aromatic rings. The molecule has 18 heavy (non-hydrogen) atoms. The topological polar surface area (TPSA) is 63.3 Å². The van der Waals surface area contributed by atoms with E-state index in [1.807, 2.05) is 0 Å². The number of anilines is 1. The summed E-state index contributed by atoms with van der Waals surface area (Å²) in [4.78, 5) is 11.4. The number of hydrogen-bond acceptors (Lipinski definition) is 3. The molecule has 1 aromatic carbocycles. The first kappa shape index (κ1) is 13.2. The van der Waals surface area contributed by atoms with Gasteiger partial charge in [-0.3, -0.25) is 0 Å². The van der Waals surface area contributed by atoms with Crippen LogP contribution >= 0.6 is 11.8 Å². The number of hydrogen-bond donors (Lipinski definition) is 2. The molecule has 5 heteroatoms. The predicted octanol–water partition coefficient (Wildman–Crippen LogP) is 3.53. The average Bonchev–Trinajstić information content (AvgIpc) is 2.34. The van der Waals surface area contributed by atoms with E-state index in [1.54, 1.807) is 11.8 Å². The van der Waals surface area contributed by atoms with Crippen molar-refractivity contribution in [2.45, 2.75) is 42.2 Å². The highest BCUT2D eigenvalue weighted by Gasteiger charge is 2.19. The van der Waals surface area contributed by atoms with Crippen molar-refractivity contribution in [3.63, 3.8) is 0 Å². The number of thioether (sulfide) groups is 1. The van der Waals surface area contributed by atoms with Gasteiger partial charge in [0.05, 0.1) is 5.56 Å². The summed E-state index contributed by atoms with van der Waals surface area (Å²) in [7, 11) is 0. The Balaban J connectivity index is 2.18. The number of benzene rings is 1. The Labute approximate surface area is 110 Å². The minimum absolute atomic E-state index is 0.351. The van der Waals surface area contributed by atoms with E-state index in [1.165, 1.54) is 31.4 Å². The van der Waals surface area contributed by atoms with E-state index >= 15 is 0 Å². The van der Waals surface area contributed by atoms with Gasteiger partial charge in [0.1, 0.15) is 5.82 Å². The van der Waals surface area contributed by atoms with E-state index in [0.29, 0.717) is 15.8 Å². The van der Waals surface area contributed by atoms with Gasteiger partial charge >= 0.3 is 5.97 Å². The monoisotopic (exact) mass is 269 g/mol. The summed E-state index contributed by atoms with van der Waals surface area (Å²) >= 11 is 1.57. The maximum atomic E-state index is 13.6. The number of carboxylic acid groups (broad SMARTS) is 1. The van der Waals surface area contributed by atoms with Gasteiger partial charge in [-0.15, -0.1) is 11.8 Å². The van der Waals surface area contributed by atoms with Crippen molar-refractivity contribution in [3.8, 4) is 0 Å². The van der Waals surface area contributed by atoms with Gasteiger partial charge in [0.2, 0.25) is 0 Å². The number of carboxylic acids is 1. The molecule has 0 atom stereocenters. The minimum atomic E-state index is -1.28. The normalized spacial score (nSPS) is 16.7. The second-order valence-electron chi connectivity index (χ2n) is 4.55. The second-order valence-corrected chi connectivity index (χ2v) is 5.90. The van der Waals surface area contributed by atoms with Crippen LogP contribution in [0.5, 0.6) is 0 Å². The third kappa shape index (κ3) is 2.96. The Kier molecular flexibility index (Phi) is 4.11. The van der Waals surface area contributed by atoms with Crippen LogP contribution in [0.4, 0.5) is 10.1 Å². The molecule has 98 valence electrons. The molecule has 0 aromatic heterocycles. The number of halogens is 1. The zero-order chi connectivity index (χ0) is 13.1. The molecular formula is C13H16FNO2S. The SMILES string of the molecule is Nc1cc(C(=O)O)c(F)cc1SC1CCCCC1. The first-order valence-electron chi connectivity index (χ1n) is 6.07. The molecule has 3 N–H and O–H groups in total. The molecule has 0 heterocycles. The fraction of sp³-hybridized carbons (Fsp3) is 0.462. The first-order valence-corrected chi connectivity index (χ1v) is 6.95. The second kappa shape index (κ2) is 5.61. The molecule has 0 unspecified atom stereocenters. The number of nitrogen functional groups attached to an aromatic ring is 1. The molecule has 3 nitrogen and oxygen atoms in total. The zero-order valence-corrected chi connectivity index (χ0v) is 10.8. The van der Waals surface area contributed by atoms with Gasteiger partial charge in [0.15, 0.2) is 0 Å². The maximum absolute atomic E-state index is 13.6. The molecule has 0 bridgehead atoms. The molecule has 1 aliphatic carbocycles. The minimum Gasteiger partial charge on any atom is -0.478 e. The fourth-order valence-electron chi connectivity index (χ4n) is 2.20. The quantitative estimate of drug-likeness (QED) is 0.824. The molecule has 0 aliphatic heterocycles. The van der Waals surface area contributed by atoms with Gasteiger partial charge < -0.3 is 10.8 Å². The molecule has 1 aliphatic rings. The molecule has 2 rings (SSSR count). The Morgan fingerprint density at radius 1 is 1.33 bits per heavy atom. The molecule has 0 spiro atoms. The predicted molar refractivity (Wildman–Crippen MR) is 70.5 cm³/mol. The van der Waals surface area contributed by atoms with E-state index in [0.717, 1.165) is 12.8 Å². The first-order chi connectivity index (χ1) is 8.58. The lowest BCUT2D eigenvalue weighted by Crippen LogP contribution is -2.09. The third-order valence-electron chi connectivity index (χ3n) is 3.18. The van der Waals surface area contributed by atoms with Crippen LogP contribution in [0.1, 0.15) is 42.5 Å². The van der Waals surface area contributed by atoms with Crippen LogP contribution in [-0.4, -0.2) is 16.3 Å².